The molecule has 106 valence electrons. The lowest BCUT2D eigenvalue weighted by Crippen LogP contribution is -2.36. The van der Waals surface area contributed by atoms with E-state index in [1.165, 1.54) is 0 Å². The zero-order valence-corrected chi connectivity index (χ0v) is 12.3. The number of methoxy groups -OCH3 is 2. The van der Waals surface area contributed by atoms with Crippen molar-refractivity contribution < 1.29 is 14.2 Å². The van der Waals surface area contributed by atoms with Crippen LogP contribution < -0.4 is 15.4 Å². The second-order valence-electron chi connectivity index (χ2n) is 3.69. The zero-order valence-electron chi connectivity index (χ0n) is 11.4. The number of anilines is 1. The van der Waals surface area contributed by atoms with Crippen LogP contribution in [0.25, 0.3) is 0 Å². The highest BCUT2D eigenvalue weighted by molar-refractivity contribution is 7.80. The molecule has 1 aromatic rings. The molecule has 0 unspecified atom stereocenters. The van der Waals surface area contributed by atoms with Gasteiger partial charge in [-0.15, -0.1) is 0 Å². The molecular weight excluding hydrogens is 264 g/mol. The lowest BCUT2D eigenvalue weighted by Gasteiger charge is -2.16. The van der Waals surface area contributed by atoms with Gasteiger partial charge in [0.05, 0.1) is 13.2 Å². The molecule has 19 heavy (non-hydrogen) atoms. The molecule has 5 nitrogen and oxygen atoms in total. The minimum absolute atomic E-state index is 0.319. The molecule has 0 aliphatic rings. The quantitative estimate of drug-likeness (QED) is 0.590. The van der Waals surface area contributed by atoms with Crippen molar-refractivity contribution in [3.63, 3.8) is 0 Å². The van der Waals surface area contributed by atoms with Gasteiger partial charge in [-0.2, -0.15) is 0 Å². The molecule has 0 aromatic heterocycles. The maximum Gasteiger partial charge on any atom is 0.174 e. The van der Waals surface area contributed by atoms with Crippen molar-refractivity contribution in [3.8, 4) is 5.75 Å². The average Bonchev–Trinajstić information content (AvgIpc) is 2.42. The first-order chi connectivity index (χ1) is 9.19. The third-order valence-electron chi connectivity index (χ3n) is 2.38. The number of benzene rings is 1. The fourth-order valence-electron chi connectivity index (χ4n) is 1.42. The summed E-state index contributed by atoms with van der Waals surface area (Å²) in [6.45, 7) is 3.09. The smallest absolute Gasteiger partial charge is 0.174 e. The molecule has 0 aliphatic heterocycles. The van der Waals surface area contributed by atoms with Crippen molar-refractivity contribution in [3.05, 3.63) is 24.3 Å². The van der Waals surface area contributed by atoms with Crippen molar-refractivity contribution in [2.75, 3.05) is 32.7 Å². The Hall–Kier alpha value is -1.37. The summed E-state index contributed by atoms with van der Waals surface area (Å²) in [7, 11) is 3.16. The van der Waals surface area contributed by atoms with Crippen LogP contribution in [0.5, 0.6) is 5.75 Å². The summed E-state index contributed by atoms with van der Waals surface area (Å²) in [5.41, 5.74) is 0.896. The van der Waals surface area contributed by atoms with Gasteiger partial charge >= 0.3 is 0 Å². The summed E-state index contributed by atoms with van der Waals surface area (Å²) in [4.78, 5) is 0. The Morgan fingerprint density at radius 3 is 2.37 bits per heavy atom. The van der Waals surface area contributed by atoms with Crippen LogP contribution >= 0.6 is 12.2 Å². The van der Waals surface area contributed by atoms with Gasteiger partial charge < -0.3 is 24.8 Å². The highest BCUT2D eigenvalue weighted by Crippen LogP contribution is 2.15. The van der Waals surface area contributed by atoms with Crippen LogP contribution in [-0.4, -0.2) is 38.8 Å². The molecule has 2 N–H and O–H groups in total. The Bertz CT molecular complexity index is 380. The van der Waals surface area contributed by atoms with Crippen molar-refractivity contribution >= 4 is 23.0 Å². The van der Waals surface area contributed by atoms with Gasteiger partial charge in [-0.05, 0) is 43.4 Å². The summed E-state index contributed by atoms with van der Waals surface area (Å²) in [5.74, 6) is 0.839. The van der Waals surface area contributed by atoms with E-state index in [9.17, 15) is 0 Å². The molecule has 1 aromatic carbocycles. The molecule has 0 saturated carbocycles. The van der Waals surface area contributed by atoms with E-state index in [1.807, 2.05) is 31.2 Å². The SMILES string of the molecule is CCOc1ccc(NC(=S)NCC(OC)OC)cc1. The first-order valence-electron chi connectivity index (χ1n) is 6.03. The number of thiocarbonyl (C=S) groups is 1. The lowest BCUT2D eigenvalue weighted by atomic mass is 10.3. The third-order valence-corrected chi connectivity index (χ3v) is 2.62. The van der Waals surface area contributed by atoms with Gasteiger partial charge in [-0.3, -0.25) is 0 Å². The number of nitrogens with one attached hydrogen (secondary N) is 2. The van der Waals surface area contributed by atoms with Crippen molar-refractivity contribution in [2.45, 2.75) is 13.2 Å². The van der Waals surface area contributed by atoms with E-state index < -0.39 is 0 Å². The predicted molar refractivity (Wildman–Crippen MR) is 79.6 cm³/mol. The van der Waals surface area contributed by atoms with E-state index in [0.717, 1.165) is 11.4 Å². The predicted octanol–water partition coefficient (Wildman–Crippen LogP) is 1.99. The number of rotatable bonds is 7. The van der Waals surface area contributed by atoms with Crippen molar-refractivity contribution in [2.24, 2.45) is 0 Å². The van der Waals surface area contributed by atoms with E-state index in [1.54, 1.807) is 14.2 Å². The van der Waals surface area contributed by atoms with Crippen LogP contribution in [0.1, 0.15) is 6.92 Å². The highest BCUT2D eigenvalue weighted by Gasteiger charge is 2.05. The maximum atomic E-state index is 5.36. The van der Waals surface area contributed by atoms with Gasteiger partial charge in [0, 0.05) is 19.9 Å². The molecule has 0 aliphatic carbocycles. The van der Waals surface area contributed by atoms with Gasteiger partial charge in [0.1, 0.15) is 5.75 Å². The van der Waals surface area contributed by atoms with Crippen molar-refractivity contribution in [1.29, 1.82) is 0 Å². The largest absolute Gasteiger partial charge is 0.494 e. The van der Waals surface area contributed by atoms with Crippen LogP contribution in [0, 0.1) is 0 Å². The third kappa shape index (κ3) is 5.87. The van der Waals surface area contributed by atoms with Crippen molar-refractivity contribution in [1.82, 2.24) is 5.32 Å². The fraction of sp³-hybridized carbons (Fsp3) is 0.462. The minimum atomic E-state index is -0.319. The Morgan fingerprint density at radius 1 is 1.21 bits per heavy atom. The molecule has 0 amide bonds. The van der Waals surface area contributed by atoms with Gasteiger partial charge in [0.2, 0.25) is 0 Å². The molecule has 0 spiro atoms. The van der Waals surface area contributed by atoms with E-state index in [-0.39, 0.29) is 6.29 Å². The summed E-state index contributed by atoms with van der Waals surface area (Å²) < 4.78 is 15.5. The molecule has 0 bridgehead atoms. The summed E-state index contributed by atoms with van der Waals surface area (Å²) in [6.07, 6.45) is -0.319. The standard InChI is InChI=1S/C13H20N2O3S/c1-4-18-11-7-5-10(6-8-11)15-13(19)14-9-12(16-2)17-3/h5-8,12H,4,9H2,1-3H3,(H2,14,15,19). The van der Waals surface area contributed by atoms with Crippen LogP contribution in [0.2, 0.25) is 0 Å². The van der Waals surface area contributed by atoms with Crippen LogP contribution in [0.4, 0.5) is 5.69 Å². The molecule has 0 heterocycles. The molecule has 0 radical (unpaired) electrons. The number of hydrogen-bond donors (Lipinski definition) is 2. The van der Waals surface area contributed by atoms with Gasteiger partial charge in [-0.25, -0.2) is 0 Å². The first kappa shape index (κ1) is 15.7. The second-order valence-corrected chi connectivity index (χ2v) is 4.10. The Kier molecular flexibility index (Phi) is 7.17. The Morgan fingerprint density at radius 2 is 1.84 bits per heavy atom. The summed E-state index contributed by atoms with van der Waals surface area (Å²) in [6, 6.07) is 7.59. The van der Waals surface area contributed by atoms with E-state index in [4.69, 9.17) is 26.4 Å². The monoisotopic (exact) mass is 284 g/mol. The molecule has 1 rings (SSSR count). The lowest BCUT2D eigenvalue weighted by molar-refractivity contribution is -0.0964. The molecular formula is C13H20N2O3S. The van der Waals surface area contributed by atoms with E-state index in [0.29, 0.717) is 18.3 Å². The van der Waals surface area contributed by atoms with Crippen LogP contribution in [0.3, 0.4) is 0 Å². The minimum Gasteiger partial charge on any atom is -0.494 e. The topological polar surface area (TPSA) is 51.8 Å². The van der Waals surface area contributed by atoms with Gasteiger partial charge in [0.25, 0.3) is 0 Å². The maximum absolute atomic E-state index is 5.36. The number of ether oxygens (including phenoxy) is 3. The molecule has 0 saturated heterocycles. The molecule has 6 heteroatoms. The van der Waals surface area contributed by atoms with E-state index >= 15 is 0 Å². The van der Waals surface area contributed by atoms with Gasteiger partial charge in [0.15, 0.2) is 11.4 Å². The number of hydrogen-bond acceptors (Lipinski definition) is 4. The van der Waals surface area contributed by atoms with Crippen LogP contribution in [-0.2, 0) is 9.47 Å². The van der Waals surface area contributed by atoms with E-state index in [2.05, 4.69) is 10.6 Å². The summed E-state index contributed by atoms with van der Waals surface area (Å²) in [5, 5.41) is 6.60. The molecule has 0 atom stereocenters. The highest BCUT2D eigenvalue weighted by atomic mass is 32.1. The van der Waals surface area contributed by atoms with Crippen LogP contribution in [0.15, 0.2) is 24.3 Å². The summed E-state index contributed by atoms with van der Waals surface area (Å²) >= 11 is 5.17. The second kappa shape index (κ2) is 8.68. The Labute approximate surface area is 119 Å². The Balaban J connectivity index is 2.39. The fourth-order valence-corrected chi connectivity index (χ4v) is 1.62. The van der Waals surface area contributed by atoms with Gasteiger partial charge in [-0.1, -0.05) is 0 Å². The normalized spacial score (nSPS) is 10.3. The average molecular weight is 284 g/mol. The zero-order chi connectivity index (χ0) is 14.1. The first-order valence-corrected chi connectivity index (χ1v) is 6.43. The molecule has 0 fully saturated rings.